The molecule has 0 spiro atoms. The second kappa shape index (κ2) is 5.25. The zero-order valence-electron chi connectivity index (χ0n) is 11.7. The van der Waals surface area contributed by atoms with E-state index in [1.807, 2.05) is 24.3 Å². The van der Waals surface area contributed by atoms with Crippen molar-refractivity contribution in [2.75, 3.05) is 30.8 Å². The van der Waals surface area contributed by atoms with Crippen LogP contribution in [0, 0.1) is 5.41 Å². The van der Waals surface area contributed by atoms with E-state index in [0.717, 1.165) is 43.6 Å². The van der Waals surface area contributed by atoms with Gasteiger partial charge >= 0.3 is 0 Å². The molecule has 1 aliphatic heterocycles. The number of anilines is 2. The summed E-state index contributed by atoms with van der Waals surface area (Å²) < 4.78 is 5.42. The third kappa shape index (κ3) is 2.67. The minimum absolute atomic E-state index is 0.234. The van der Waals surface area contributed by atoms with Gasteiger partial charge in [0.15, 0.2) is 11.6 Å². The molecule has 1 aromatic carbocycles. The minimum atomic E-state index is 0.234. The van der Waals surface area contributed by atoms with Crippen LogP contribution in [-0.4, -0.2) is 29.7 Å². The first-order valence-electron chi connectivity index (χ1n) is 7.00. The summed E-state index contributed by atoms with van der Waals surface area (Å²) in [4.78, 5) is 8.95. The normalized spacial score (nSPS) is 18.1. The molecule has 2 aromatic rings. The van der Waals surface area contributed by atoms with E-state index in [2.05, 4.69) is 22.2 Å². The fourth-order valence-electron chi connectivity index (χ4n) is 2.48. The Bertz CT molecular complexity index is 608. The average Bonchev–Trinajstić information content (AvgIpc) is 2.46. The van der Waals surface area contributed by atoms with Crippen LogP contribution in [0.5, 0.6) is 0 Å². The summed E-state index contributed by atoms with van der Waals surface area (Å²) in [5.74, 6) is 1.13. The number of nitrogen functional groups attached to an aromatic ring is 1. The largest absolute Gasteiger partial charge is 0.381 e. The minimum Gasteiger partial charge on any atom is -0.381 e. The van der Waals surface area contributed by atoms with Gasteiger partial charge in [-0.1, -0.05) is 19.1 Å². The van der Waals surface area contributed by atoms with Gasteiger partial charge in [0.2, 0.25) is 0 Å². The second-order valence-electron chi connectivity index (χ2n) is 5.72. The zero-order chi connectivity index (χ0) is 14.0. The van der Waals surface area contributed by atoms with E-state index in [-0.39, 0.29) is 5.41 Å². The van der Waals surface area contributed by atoms with Crippen molar-refractivity contribution in [3.8, 4) is 0 Å². The van der Waals surface area contributed by atoms with E-state index >= 15 is 0 Å². The Kier molecular flexibility index (Phi) is 3.44. The van der Waals surface area contributed by atoms with E-state index in [0.29, 0.717) is 11.6 Å². The SMILES string of the molecule is CC1(CNc2nc3ccccc3nc2N)CCOCC1. The van der Waals surface area contributed by atoms with Crippen molar-refractivity contribution >= 4 is 22.7 Å². The molecule has 2 heterocycles. The summed E-state index contributed by atoms with van der Waals surface area (Å²) >= 11 is 0. The Balaban J connectivity index is 1.78. The summed E-state index contributed by atoms with van der Waals surface area (Å²) in [5.41, 5.74) is 7.91. The topological polar surface area (TPSA) is 73.1 Å². The van der Waals surface area contributed by atoms with Gasteiger partial charge < -0.3 is 15.8 Å². The van der Waals surface area contributed by atoms with Gasteiger partial charge in [0, 0.05) is 19.8 Å². The van der Waals surface area contributed by atoms with E-state index in [4.69, 9.17) is 10.5 Å². The predicted octanol–water partition coefficient (Wildman–Crippen LogP) is 2.44. The summed E-state index contributed by atoms with van der Waals surface area (Å²) in [6.45, 7) is 4.77. The van der Waals surface area contributed by atoms with Crippen molar-refractivity contribution in [3.63, 3.8) is 0 Å². The Morgan fingerprint density at radius 3 is 2.55 bits per heavy atom. The molecule has 5 heteroatoms. The predicted molar refractivity (Wildman–Crippen MR) is 80.6 cm³/mol. The summed E-state index contributed by atoms with van der Waals surface area (Å²) in [5, 5.41) is 3.36. The first-order valence-corrected chi connectivity index (χ1v) is 7.00. The highest BCUT2D eigenvalue weighted by Gasteiger charge is 2.27. The number of hydrogen-bond acceptors (Lipinski definition) is 5. The molecule has 1 fully saturated rings. The second-order valence-corrected chi connectivity index (χ2v) is 5.72. The van der Waals surface area contributed by atoms with Gasteiger partial charge in [-0.25, -0.2) is 9.97 Å². The molecular formula is C15H20N4O. The van der Waals surface area contributed by atoms with Crippen LogP contribution in [0.4, 0.5) is 11.6 Å². The molecular weight excluding hydrogens is 252 g/mol. The van der Waals surface area contributed by atoms with Crippen LogP contribution in [-0.2, 0) is 4.74 Å². The van der Waals surface area contributed by atoms with Crippen LogP contribution in [0.1, 0.15) is 19.8 Å². The van der Waals surface area contributed by atoms with Gasteiger partial charge in [0.1, 0.15) is 0 Å². The Morgan fingerprint density at radius 1 is 1.20 bits per heavy atom. The maximum atomic E-state index is 5.98. The molecule has 3 N–H and O–H groups in total. The van der Waals surface area contributed by atoms with Crippen LogP contribution in [0.3, 0.4) is 0 Å². The third-order valence-electron chi connectivity index (χ3n) is 3.98. The molecule has 0 radical (unpaired) electrons. The molecule has 0 saturated carbocycles. The molecule has 1 saturated heterocycles. The van der Waals surface area contributed by atoms with Crippen molar-refractivity contribution in [3.05, 3.63) is 24.3 Å². The number of nitrogens with zero attached hydrogens (tertiary/aromatic N) is 2. The van der Waals surface area contributed by atoms with Gasteiger partial charge in [-0.3, -0.25) is 0 Å². The van der Waals surface area contributed by atoms with Gasteiger partial charge in [0.05, 0.1) is 11.0 Å². The van der Waals surface area contributed by atoms with Crippen molar-refractivity contribution in [2.45, 2.75) is 19.8 Å². The molecule has 3 rings (SSSR count). The summed E-state index contributed by atoms with van der Waals surface area (Å²) in [6.07, 6.45) is 2.11. The lowest BCUT2D eigenvalue weighted by atomic mass is 9.82. The molecule has 0 unspecified atom stereocenters. The molecule has 5 nitrogen and oxygen atoms in total. The van der Waals surface area contributed by atoms with Crippen LogP contribution in [0.25, 0.3) is 11.0 Å². The van der Waals surface area contributed by atoms with E-state index < -0.39 is 0 Å². The lowest BCUT2D eigenvalue weighted by molar-refractivity contribution is 0.0300. The maximum Gasteiger partial charge on any atom is 0.169 e. The Hall–Kier alpha value is -1.88. The third-order valence-corrected chi connectivity index (χ3v) is 3.98. The lowest BCUT2D eigenvalue weighted by Gasteiger charge is -2.33. The molecule has 0 amide bonds. The fraction of sp³-hybridized carbons (Fsp3) is 0.467. The number of hydrogen-bond donors (Lipinski definition) is 2. The number of benzene rings is 1. The van der Waals surface area contributed by atoms with Crippen LogP contribution >= 0.6 is 0 Å². The Morgan fingerprint density at radius 2 is 1.85 bits per heavy atom. The maximum absolute atomic E-state index is 5.98. The van der Waals surface area contributed by atoms with Crippen LogP contribution in [0.15, 0.2) is 24.3 Å². The number of fused-ring (bicyclic) bond motifs is 1. The van der Waals surface area contributed by atoms with Crippen molar-refractivity contribution in [2.24, 2.45) is 5.41 Å². The fourth-order valence-corrected chi connectivity index (χ4v) is 2.48. The number of para-hydroxylation sites is 2. The van der Waals surface area contributed by atoms with E-state index in [1.54, 1.807) is 0 Å². The van der Waals surface area contributed by atoms with Crippen LogP contribution < -0.4 is 11.1 Å². The highest BCUT2D eigenvalue weighted by Crippen LogP contribution is 2.30. The smallest absolute Gasteiger partial charge is 0.169 e. The first-order chi connectivity index (χ1) is 9.66. The van der Waals surface area contributed by atoms with Gasteiger partial charge in [0.25, 0.3) is 0 Å². The number of rotatable bonds is 3. The number of aromatic nitrogens is 2. The van der Waals surface area contributed by atoms with Crippen molar-refractivity contribution in [1.82, 2.24) is 9.97 Å². The molecule has 0 bridgehead atoms. The molecule has 1 aliphatic rings. The Labute approximate surface area is 118 Å². The highest BCUT2D eigenvalue weighted by atomic mass is 16.5. The summed E-state index contributed by atoms with van der Waals surface area (Å²) in [6, 6.07) is 7.76. The highest BCUT2D eigenvalue weighted by molar-refractivity contribution is 5.79. The zero-order valence-corrected chi connectivity index (χ0v) is 11.7. The standard InChI is InChI=1S/C15H20N4O/c1-15(6-8-20-9-7-15)10-17-14-13(16)18-11-4-2-3-5-12(11)19-14/h2-5H,6-10H2,1H3,(H2,16,18)(H,17,19). The first kappa shape index (κ1) is 13.1. The number of nitrogens with two attached hydrogens (primary N) is 1. The van der Waals surface area contributed by atoms with Crippen LogP contribution in [0.2, 0.25) is 0 Å². The molecule has 1 aromatic heterocycles. The molecule has 20 heavy (non-hydrogen) atoms. The average molecular weight is 272 g/mol. The van der Waals surface area contributed by atoms with E-state index in [1.165, 1.54) is 0 Å². The van der Waals surface area contributed by atoms with Crippen molar-refractivity contribution < 1.29 is 4.74 Å². The summed E-state index contributed by atoms with van der Waals surface area (Å²) in [7, 11) is 0. The number of nitrogens with one attached hydrogen (secondary N) is 1. The molecule has 106 valence electrons. The van der Waals surface area contributed by atoms with Gasteiger partial charge in [-0.05, 0) is 30.4 Å². The van der Waals surface area contributed by atoms with Gasteiger partial charge in [-0.15, -0.1) is 0 Å². The number of ether oxygens (including phenoxy) is 1. The molecule has 0 aliphatic carbocycles. The van der Waals surface area contributed by atoms with Crippen molar-refractivity contribution in [1.29, 1.82) is 0 Å². The monoisotopic (exact) mass is 272 g/mol. The lowest BCUT2D eigenvalue weighted by Crippen LogP contribution is -2.33. The van der Waals surface area contributed by atoms with Gasteiger partial charge in [-0.2, -0.15) is 0 Å². The molecule has 0 atom stereocenters. The van der Waals surface area contributed by atoms with E-state index in [9.17, 15) is 0 Å². The quantitative estimate of drug-likeness (QED) is 0.897.